The second-order valence-corrected chi connectivity index (χ2v) is 3.91. The first-order valence-corrected chi connectivity index (χ1v) is 4.98. The second kappa shape index (κ2) is 3.81. The molecule has 0 saturated heterocycles. The number of aliphatic hydroxyl groups is 1. The minimum atomic E-state index is -0.447. The molecule has 15 heavy (non-hydrogen) atoms. The number of benzene rings is 1. The van der Waals surface area contributed by atoms with Crippen molar-refractivity contribution < 1.29 is 5.11 Å². The van der Waals surface area contributed by atoms with Crippen molar-refractivity contribution in [1.29, 1.82) is 0 Å². The molecule has 3 N–H and O–H groups in total. The highest BCUT2D eigenvalue weighted by Gasteiger charge is 2.12. The monoisotopic (exact) mass is 225 g/mol. The molecule has 0 amide bonds. The Balaban J connectivity index is 2.64. The zero-order valence-corrected chi connectivity index (χ0v) is 9.07. The van der Waals surface area contributed by atoms with Crippen LogP contribution < -0.4 is 5.73 Å². The lowest BCUT2D eigenvalue weighted by Crippen LogP contribution is -2.15. The Bertz CT molecular complexity index is 495. The number of nitrogens with two attached hydrogens (primary N) is 1. The topological polar surface area (TPSA) is 64.1 Å². The van der Waals surface area contributed by atoms with E-state index in [9.17, 15) is 0 Å². The molecule has 1 heterocycles. The Kier molecular flexibility index (Phi) is 2.65. The van der Waals surface area contributed by atoms with Crippen LogP contribution in [-0.2, 0) is 7.05 Å². The van der Waals surface area contributed by atoms with Crippen LogP contribution in [0.1, 0.15) is 11.6 Å². The normalized spacial score (nSPS) is 13.3. The summed E-state index contributed by atoms with van der Waals surface area (Å²) in [5.41, 5.74) is 8.27. The number of aryl methyl sites for hydroxylation is 1. The number of aliphatic hydroxyl groups excluding tert-OH is 1. The maximum absolute atomic E-state index is 9.00. The van der Waals surface area contributed by atoms with Gasteiger partial charge in [0.2, 0.25) is 0 Å². The molecule has 0 aliphatic heterocycles. The Morgan fingerprint density at radius 2 is 2.33 bits per heavy atom. The van der Waals surface area contributed by atoms with Crippen molar-refractivity contribution in [2.75, 3.05) is 6.61 Å². The summed E-state index contributed by atoms with van der Waals surface area (Å²) in [6.07, 6.45) is 1.72. The minimum absolute atomic E-state index is 0.122. The number of rotatable bonds is 2. The van der Waals surface area contributed by atoms with Gasteiger partial charge in [-0.05, 0) is 17.7 Å². The molecule has 5 heteroatoms. The first-order chi connectivity index (χ1) is 7.13. The standard InChI is InChI=1S/C10H12ClN3O/c1-14-5-13-9-3-7(11)6(2-10(9)14)8(12)4-15/h2-3,5,8,15H,4,12H2,1H3. The van der Waals surface area contributed by atoms with Crippen LogP contribution in [0.5, 0.6) is 0 Å². The molecule has 0 fully saturated rings. The largest absolute Gasteiger partial charge is 0.394 e. The number of halogens is 1. The SMILES string of the molecule is Cn1cnc2cc(Cl)c(C(N)CO)cc21. The van der Waals surface area contributed by atoms with Crippen molar-refractivity contribution in [3.05, 3.63) is 29.0 Å². The third kappa shape index (κ3) is 1.71. The molecule has 2 rings (SSSR count). The van der Waals surface area contributed by atoms with E-state index in [4.69, 9.17) is 22.4 Å². The Labute approximate surface area is 92.3 Å². The molecule has 0 aliphatic rings. The molecule has 0 saturated carbocycles. The summed E-state index contributed by atoms with van der Waals surface area (Å²) in [6, 6.07) is 3.18. The van der Waals surface area contributed by atoms with Crippen LogP contribution >= 0.6 is 11.6 Å². The number of nitrogens with zero attached hydrogens (tertiary/aromatic N) is 2. The Hall–Kier alpha value is -1.10. The van der Waals surface area contributed by atoms with Crippen LogP contribution in [-0.4, -0.2) is 21.3 Å². The molecule has 1 aromatic heterocycles. The number of aromatic nitrogens is 2. The van der Waals surface area contributed by atoms with Gasteiger partial charge in [0, 0.05) is 12.1 Å². The lowest BCUT2D eigenvalue weighted by molar-refractivity contribution is 0.268. The fourth-order valence-electron chi connectivity index (χ4n) is 1.55. The van der Waals surface area contributed by atoms with Gasteiger partial charge in [0.15, 0.2) is 0 Å². The molecule has 2 aromatic rings. The van der Waals surface area contributed by atoms with Crippen LogP contribution in [0.4, 0.5) is 0 Å². The van der Waals surface area contributed by atoms with Crippen molar-refractivity contribution in [2.24, 2.45) is 12.8 Å². The van der Waals surface area contributed by atoms with E-state index in [1.54, 1.807) is 12.4 Å². The van der Waals surface area contributed by atoms with Crippen LogP contribution in [0.25, 0.3) is 11.0 Å². The zero-order valence-electron chi connectivity index (χ0n) is 8.31. The molecule has 0 aliphatic carbocycles. The summed E-state index contributed by atoms with van der Waals surface area (Å²) in [4.78, 5) is 4.18. The Morgan fingerprint density at radius 1 is 1.60 bits per heavy atom. The van der Waals surface area contributed by atoms with Gasteiger partial charge in [-0.3, -0.25) is 0 Å². The summed E-state index contributed by atoms with van der Waals surface area (Å²) in [5.74, 6) is 0. The number of hydrogen-bond acceptors (Lipinski definition) is 3. The van der Waals surface area contributed by atoms with E-state index in [1.807, 2.05) is 17.7 Å². The average Bonchev–Trinajstić information content (AvgIpc) is 2.58. The minimum Gasteiger partial charge on any atom is -0.394 e. The van der Waals surface area contributed by atoms with Gasteiger partial charge in [0.1, 0.15) is 0 Å². The first-order valence-electron chi connectivity index (χ1n) is 4.60. The van der Waals surface area contributed by atoms with Crippen LogP contribution in [0.2, 0.25) is 5.02 Å². The summed E-state index contributed by atoms with van der Waals surface area (Å²) < 4.78 is 1.89. The highest BCUT2D eigenvalue weighted by molar-refractivity contribution is 6.32. The molecular weight excluding hydrogens is 214 g/mol. The number of hydrogen-bond donors (Lipinski definition) is 2. The van der Waals surface area contributed by atoms with Crippen molar-refractivity contribution in [1.82, 2.24) is 9.55 Å². The second-order valence-electron chi connectivity index (χ2n) is 3.51. The van der Waals surface area contributed by atoms with E-state index >= 15 is 0 Å². The molecule has 1 atom stereocenters. The van der Waals surface area contributed by atoms with Gasteiger partial charge in [-0.1, -0.05) is 11.6 Å². The van der Waals surface area contributed by atoms with Crippen molar-refractivity contribution in [2.45, 2.75) is 6.04 Å². The summed E-state index contributed by atoms with van der Waals surface area (Å²) in [7, 11) is 1.90. The lowest BCUT2D eigenvalue weighted by Gasteiger charge is -2.10. The molecule has 0 spiro atoms. The number of fused-ring (bicyclic) bond motifs is 1. The first kappa shape index (κ1) is 10.4. The summed E-state index contributed by atoms with van der Waals surface area (Å²) >= 11 is 6.05. The maximum Gasteiger partial charge on any atom is 0.0955 e. The fraction of sp³-hybridized carbons (Fsp3) is 0.300. The number of imidazole rings is 1. The molecule has 0 radical (unpaired) electrons. The van der Waals surface area contributed by atoms with Gasteiger partial charge in [-0.15, -0.1) is 0 Å². The highest BCUT2D eigenvalue weighted by atomic mass is 35.5. The Morgan fingerprint density at radius 3 is 3.00 bits per heavy atom. The molecule has 4 nitrogen and oxygen atoms in total. The van der Waals surface area contributed by atoms with Gasteiger partial charge in [0.05, 0.1) is 30.0 Å². The molecular formula is C10H12ClN3O. The predicted molar refractivity (Wildman–Crippen MR) is 59.7 cm³/mol. The van der Waals surface area contributed by atoms with Crippen molar-refractivity contribution in [3.63, 3.8) is 0 Å². The van der Waals surface area contributed by atoms with Crippen LogP contribution in [0.3, 0.4) is 0 Å². The van der Waals surface area contributed by atoms with E-state index < -0.39 is 6.04 Å². The summed E-state index contributed by atoms with van der Waals surface area (Å²) in [6.45, 7) is -0.122. The third-order valence-electron chi connectivity index (χ3n) is 2.44. The predicted octanol–water partition coefficient (Wildman–Crippen LogP) is 1.22. The van der Waals surface area contributed by atoms with Gasteiger partial charge in [-0.25, -0.2) is 4.98 Å². The van der Waals surface area contributed by atoms with Gasteiger partial charge in [-0.2, -0.15) is 0 Å². The van der Waals surface area contributed by atoms with Crippen LogP contribution in [0, 0.1) is 0 Å². The van der Waals surface area contributed by atoms with Gasteiger partial charge >= 0.3 is 0 Å². The van der Waals surface area contributed by atoms with Gasteiger partial charge < -0.3 is 15.4 Å². The van der Waals surface area contributed by atoms with E-state index in [0.29, 0.717) is 5.02 Å². The molecule has 1 aromatic carbocycles. The molecule has 0 bridgehead atoms. The lowest BCUT2D eigenvalue weighted by atomic mass is 10.1. The molecule has 80 valence electrons. The summed E-state index contributed by atoms with van der Waals surface area (Å²) in [5, 5.41) is 9.54. The van der Waals surface area contributed by atoms with Crippen LogP contribution in [0.15, 0.2) is 18.5 Å². The fourth-order valence-corrected chi connectivity index (χ4v) is 1.84. The maximum atomic E-state index is 9.00. The third-order valence-corrected chi connectivity index (χ3v) is 2.77. The van der Waals surface area contributed by atoms with Gasteiger partial charge in [0.25, 0.3) is 0 Å². The smallest absolute Gasteiger partial charge is 0.0955 e. The average molecular weight is 226 g/mol. The van der Waals surface area contributed by atoms with E-state index in [-0.39, 0.29) is 6.61 Å². The van der Waals surface area contributed by atoms with E-state index in [1.165, 1.54) is 0 Å². The van der Waals surface area contributed by atoms with E-state index in [2.05, 4.69) is 4.98 Å². The quantitative estimate of drug-likeness (QED) is 0.808. The van der Waals surface area contributed by atoms with Crippen molar-refractivity contribution in [3.8, 4) is 0 Å². The van der Waals surface area contributed by atoms with Crippen molar-refractivity contribution >= 4 is 22.6 Å². The van der Waals surface area contributed by atoms with E-state index in [0.717, 1.165) is 16.6 Å². The zero-order chi connectivity index (χ0) is 11.0. The highest BCUT2D eigenvalue weighted by Crippen LogP contribution is 2.26. The molecule has 1 unspecified atom stereocenters.